The van der Waals surface area contributed by atoms with E-state index in [1.807, 2.05) is 56.6 Å². The van der Waals surface area contributed by atoms with Crippen LogP contribution in [0.3, 0.4) is 0 Å². The second-order valence-electron chi connectivity index (χ2n) is 7.36. The van der Waals surface area contributed by atoms with E-state index in [0.29, 0.717) is 27.4 Å². The van der Waals surface area contributed by atoms with Gasteiger partial charge in [0.1, 0.15) is 0 Å². The van der Waals surface area contributed by atoms with Crippen LogP contribution in [0.2, 0.25) is 0 Å². The van der Waals surface area contributed by atoms with Crippen LogP contribution in [0.4, 0.5) is 5.69 Å². The second-order valence-corrected chi connectivity index (χ2v) is 7.36. The van der Waals surface area contributed by atoms with E-state index in [1.165, 1.54) is 0 Å². The molecule has 0 aliphatic heterocycles. The fraction of sp³-hybridized carbons (Fsp3) is 0.167. The predicted molar refractivity (Wildman–Crippen MR) is 115 cm³/mol. The summed E-state index contributed by atoms with van der Waals surface area (Å²) in [5, 5.41) is 11.4. The molecule has 0 bridgehead atoms. The van der Waals surface area contributed by atoms with Gasteiger partial charge in [0, 0.05) is 30.6 Å². The van der Waals surface area contributed by atoms with Gasteiger partial charge in [0.2, 0.25) is 0 Å². The summed E-state index contributed by atoms with van der Waals surface area (Å²) in [5.74, 6) is -0.934. The van der Waals surface area contributed by atoms with Crippen molar-refractivity contribution in [3.05, 3.63) is 71.3 Å². The monoisotopic (exact) mass is 370 g/mol. The van der Waals surface area contributed by atoms with Crippen LogP contribution in [0.15, 0.2) is 54.6 Å². The molecule has 0 aliphatic rings. The standard InChI is InChI=1S/C24H22N2O2/c1-14-12-16(26(3)4)13-15(2)21(14)18-9-7-11-20-22(18)23(24(27)28)17-8-5-6-10-19(17)25-20/h5-13H,1-4H3,(H,27,28). The van der Waals surface area contributed by atoms with Crippen LogP contribution >= 0.6 is 0 Å². The number of rotatable bonds is 3. The minimum atomic E-state index is -0.934. The molecule has 0 saturated carbocycles. The maximum Gasteiger partial charge on any atom is 0.337 e. The molecule has 0 fully saturated rings. The van der Waals surface area contributed by atoms with Crippen molar-refractivity contribution in [3.8, 4) is 11.1 Å². The number of nitrogens with zero attached hydrogens (tertiary/aromatic N) is 2. The van der Waals surface area contributed by atoms with Crippen molar-refractivity contribution < 1.29 is 9.90 Å². The van der Waals surface area contributed by atoms with E-state index in [-0.39, 0.29) is 0 Å². The SMILES string of the molecule is Cc1cc(N(C)C)cc(C)c1-c1cccc2nc3ccccc3c(C(=O)O)c12. The zero-order valence-electron chi connectivity index (χ0n) is 16.4. The summed E-state index contributed by atoms with van der Waals surface area (Å²) in [6.07, 6.45) is 0. The Bertz CT molecular complexity index is 1220. The van der Waals surface area contributed by atoms with Crippen molar-refractivity contribution in [1.29, 1.82) is 0 Å². The van der Waals surface area contributed by atoms with Gasteiger partial charge < -0.3 is 10.0 Å². The Morgan fingerprint density at radius 3 is 2.21 bits per heavy atom. The highest BCUT2D eigenvalue weighted by Gasteiger charge is 2.20. The van der Waals surface area contributed by atoms with Crippen molar-refractivity contribution in [1.82, 2.24) is 4.98 Å². The van der Waals surface area contributed by atoms with Gasteiger partial charge in [-0.1, -0.05) is 30.3 Å². The van der Waals surface area contributed by atoms with Gasteiger partial charge in [0.05, 0.1) is 16.6 Å². The highest BCUT2D eigenvalue weighted by molar-refractivity contribution is 6.17. The Hall–Kier alpha value is -3.40. The summed E-state index contributed by atoms with van der Waals surface area (Å²) in [5.41, 5.74) is 7.03. The van der Waals surface area contributed by atoms with Gasteiger partial charge >= 0.3 is 5.97 Å². The molecule has 0 atom stereocenters. The molecule has 0 unspecified atom stereocenters. The number of para-hydroxylation sites is 1. The second kappa shape index (κ2) is 6.64. The van der Waals surface area contributed by atoms with Gasteiger partial charge in [-0.2, -0.15) is 0 Å². The summed E-state index contributed by atoms with van der Waals surface area (Å²) in [6.45, 7) is 4.15. The van der Waals surface area contributed by atoms with Gasteiger partial charge in [-0.25, -0.2) is 9.78 Å². The third kappa shape index (κ3) is 2.78. The lowest BCUT2D eigenvalue weighted by molar-refractivity contribution is 0.0701. The van der Waals surface area contributed by atoms with E-state index in [0.717, 1.165) is 27.9 Å². The first-order chi connectivity index (χ1) is 13.4. The molecule has 4 aromatic rings. The smallest absolute Gasteiger partial charge is 0.337 e. The lowest BCUT2D eigenvalue weighted by Crippen LogP contribution is -2.09. The van der Waals surface area contributed by atoms with E-state index in [1.54, 1.807) is 0 Å². The number of pyridine rings is 1. The number of benzene rings is 3. The highest BCUT2D eigenvalue weighted by Crippen LogP contribution is 2.38. The summed E-state index contributed by atoms with van der Waals surface area (Å²) >= 11 is 0. The molecule has 0 aliphatic carbocycles. The molecule has 4 nitrogen and oxygen atoms in total. The Labute approximate surface area is 164 Å². The average Bonchev–Trinajstić information content (AvgIpc) is 2.65. The first kappa shape index (κ1) is 18.0. The number of hydrogen-bond acceptors (Lipinski definition) is 3. The number of aryl methyl sites for hydroxylation is 2. The summed E-state index contributed by atoms with van der Waals surface area (Å²) in [7, 11) is 4.04. The number of carbonyl (C=O) groups is 1. The third-order valence-electron chi connectivity index (χ3n) is 5.22. The van der Waals surface area contributed by atoms with Crippen LogP contribution in [-0.4, -0.2) is 30.2 Å². The van der Waals surface area contributed by atoms with Crippen LogP contribution in [-0.2, 0) is 0 Å². The quantitative estimate of drug-likeness (QED) is 0.488. The lowest BCUT2D eigenvalue weighted by Gasteiger charge is -2.19. The van der Waals surface area contributed by atoms with Gasteiger partial charge in [-0.15, -0.1) is 0 Å². The van der Waals surface area contributed by atoms with Crippen LogP contribution in [0.25, 0.3) is 32.9 Å². The number of aromatic carboxylic acids is 1. The molecule has 1 N–H and O–H groups in total. The molecule has 4 rings (SSSR count). The van der Waals surface area contributed by atoms with Gasteiger partial charge in [0.25, 0.3) is 0 Å². The molecule has 1 heterocycles. The number of hydrogen-bond donors (Lipinski definition) is 1. The molecule has 4 heteroatoms. The van der Waals surface area contributed by atoms with Crippen LogP contribution in [0.1, 0.15) is 21.5 Å². The van der Waals surface area contributed by atoms with Crippen molar-refractivity contribution in [2.75, 3.05) is 19.0 Å². The molecule has 28 heavy (non-hydrogen) atoms. The minimum absolute atomic E-state index is 0.312. The van der Waals surface area contributed by atoms with Gasteiger partial charge in [-0.05, 0) is 60.4 Å². The molecule has 140 valence electrons. The Balaban J connectivity index is 2.15. The molecule has 3 aromatic carbocycles. The number of anilines is 1. The normalized spacial score (nSPS) is 11.1. The lowest BCUT2D eigenvalue weighted by atomic mass is 9.89. The van der Waals surface area contributed by atoms with Crippen molar-refractivity contribution in [2.45, 2.75) is 13.8 Å². The van der Waals surface area contributed by atoms with Gasteiger partial charge in [0.15, 0.2) is 0 Å². The Morgan fingerprint density at radius 1 is 0.929 bits per heavy atom. The van der Waals surface area contributed by atoms with Crippen molar-refractivity contribution in [2.24, 2.45) is 0 Å². The number of aromatic nitrogens is 1. The molecular weight excluding hydrogens is 348 g/mol. The van der Waals surface area contributed by atoms with E-state index < -0.39 is 5.97 Å². The van der Waals surface area contributed by atoms with E-state index in [2.05, 4.69) is 30.9 Å². The van der Waals surface area contributed by atoms with Gasteiger partial charge in [-0.3, -0.25) is 0 Å². The average molecular weight is 370 g/mol. The fourth-order valence-corrected chi connectivity index (χ4v) is 4.00. The summed E-state index contributed by atoms with van der Waals surface area (Å²) < 4.78 is 0. The molecule has 0 saturated heterocycles. The zero-order valence-corrected chi connectivity index (χ0v) is 16.4. The van der Waals surface area contributed by atoms with Crippen molar-refractivity contribution >= 4 is 33.5 Å². The van der Waals surface area contributed by atoms with E-state index >= 15 is 0 Å². The maximum atomic E-state index is 12.3. The van der Waals surface area contributed by atoms with E-state index in [4.69, 9.17) is 4.98 Å². The van der Waals surface area contributed by atoms with Crippen LogP contribution in [0.5, 0.6) is 0 Å². The van der Waals surface area contributed by atoms with E-state index in [9.17, 15) is 9.90 Å². The van der Waals surface area contributed by atoms with Crippen LogP contribution < -0.4 is 4.90 Å². The topological polar surface area (TPSA) is 53.4 Å². The molecule has 0 spiro atoms. The first-order valence-electron chi connectivity index (χ1n) is 9.22. The van der Waals surface area contributed by atoms with Crippen LogP contribution in [0, 0.1) is 13.8 Å². The summed E-state index contributed by atoms with van der Waals surface area (Å²) in [4.78, 5) is 19.1. The van der Waals surface area contributed by atoms with Crippen molar-refractivity contribution in [3.63, 3.8) is 0 Å². The molecule has 1 aromatic heterocycles. The number of fused-ring (bicyclic) bond motifs is 2. The molecular formula is C24H22N2O2. The minimum Gasteiger partial charge on any atom is -0.478 e. The number of carboxylic acids is 1. The first-order valence-corrected chi connectivity index (χ1v) is 9.22. The fourth-order valence-electron chi connectivity index (χ4n) is 4.00. The maximum absolute atomic E-state index is 12.3. The molecule has 0 radical (unpaired) electrons. The Morgan fingerprint density at radius 2 is 1.57 bits per heavy atom. The third-order valence-corrected chi connectivity index (χ3v) is 5.22. The molecule has 0 amide bonds. The number of carboxylic acid groups (broad SMARTS) is 1. The zero-order chi connectivity index (χ0) is 20.0. The Kier molecular flexibility index (Phi) is 4.27. The predicted octanol–water partition coefficient (Wildman–Crippen LogP) is 5.44. The largest absolute Gasteiger partial charge is 0.478 e. The summed E-state index contributed by atoms with van der Waals surface area (Å²) in [6, 6.07) is 17.5. The highest BCUT2D eigenvalue weighted by atomic mass is 16.4.